The third-order valence-corrected chi connectivity index (χ3v) is 5.82. The molecule has 3 aromatic rings. The molecular weight excluding hydrogens is 334 g/mol. The molecule has 0 heterocycles. The molecule has 4 nitrogen and oxygen atoms in total. The molecule has 126 valence electrons. The van der Waals surface area contributed by atoms with Gasteiger partial charge in [0.2, 0.25) is 0 Å². The van der Waals surface area contributed by atoms with Gasteiger partial charge in [0.25, 0.3) is 10.0 Å². The third-order valence-electron chi connectivity index (χ3n) is 4.42. The van der Waals surface area contributed by atoms with Crippen LogP contribution in [0.3, 0.4) is 0 Å². The van der Waals surface area contributed by atoms with Crippen molar-refractivity contribution >= 4 is 15.7 Å². The molecule has 4 rings (SSSR count). The summed E-state index contributed by atoms with van der Waals surface area (Å²) in [6.07, 6.45) is 0.886. The average molecular weight is 351 g/mol. The lowest BCUT2D eigenvalue weighted by Gasteiger charge is -2.10. The lowest BCUT2D eigenvalue weighted by molar-refractivity contribution is 0.414. The zero-order valence-corrected chi connectivity index (χ0v) is 14.5. The fourth-order valence-electron chi connectivity index (χ4n) is 3.16. The minimum atomic E-state index is -3.64. The smallest absolute Gasteiger partial charge is 0.261 e. The summed E-state index contributed by atoms with van der Waals surface area (Å²) >= 11 is 0. The van der Waals surface area contributed by atoms with Gasteiger partial charge >= 0.3 is 0 Å². The highest BCUT2D eigenvalue weighted by molar-refractivity contribution is 7.92. The van der Waals surface area contributed by atoms with Crippen molar-refractivity contribution in [3.8, 4) is 16.9 Å². The predicted molar refractivity (Wildman–Crippen MR) is 98.5 cm³/mol. The molecule has 0 saturated heterocycles. The second kappa shape index (κ2) is 5.93. The quantitative estimate of drug-likeness (QED) is 0.603. The molecule has 0 aromatic heterocycles. The van der Waals surface area contributed by atoms with Crippen molar-refractivity contribution in [2.75, 3.05) is 11.8 Å². The number of fused-ring (bicyclic) bond motifs is 3. The lowest BCUT2D eigenvalue weighted by atomic mass is 10.1. The number of hydrogen-bond donors (Lipinski definition) is 1. The second-order valence-corrected chi connectivity index (χ2v) is 7.67. The maximum atomic E-state index is 12.6. The molecule has 1 aliphatic rings. The number of methoxy groups -OCH3 is 1. The van der Waals surface area contributed by atoms with Gasteiger partial charge in [-0.3, -0.25) is 4.72 Å². The summed E-state index contributed by atoms with van der Waals surface area (Å²) in [6.45, 7) is 0. The Morgan fingerprint density at radius 1 is 0.880 bits per heavy atom. The van der Waals surface area contributed by atoms with E-state index in [1.165, 1.54) is 28.8 Å². The van der Waals surface area contributed by atoms with Crippen LogP contribution in [0, 0.1) is 0 Å². The summed E-state index contributed by atoms with van der Waals surface area (Å²) in [6, 6.07) is 20.2. The molecule has 0 amide bonds. The minimum Gasteiger partial charge on any atom is -0.497 e. The van der Waals surface area contributed by atoms with E-state index < -0.39 is 10.0 Å². The lowest BCUT2D eigenvalue weighted by Crippen LogP contribution is -2.12. The highest BCUT2D eigenvalue weighted by atomic mass is 32.2. The first-order valence-electron chi connectivity index (χ1n) is 7.95. The molecule has 0 atom stereocenters. The molecule has 3 aromatic carbocycles. The Hall–Kier alpha value is -2.79. The minimum absolute atomic E-state index is 0.203. The fraction of sp³-hybridized carbons (Fsp3) is 0.100. The number of sulfonamides is 1. The van der Waals surface area contributed by atoms with Gasteiger partial charge in [0.15, 0.2) is 0 Å². The summed E-state index contributed by atoms with van der Waals surface area (Å²) in [5.41, 5.74) is 5.31. The first kappa shape index (κ1) is 15.7. The zero-order valence-electron chi connectivity index (χ0n) is 13.7. The van der Waals surface area contributed by atoms with Crippen molar-refractivity contribution < 1.29 is 13.2 Å². The maximum Gasteiger partial charge on any atom is 0.261 e. The summed E-state index contributed by atoms with van der Waals surface area (Å²) in [5, 5.41) is 0. The molecule has 1 N–H and O–H groups in total. The van der Waals surface area contributed by atoms with E-state index in [0.29, 0.717) is 11.4 Å². The van der Waals surface area contributed by atoms with Crippen LogP contribution >= 0.6 is 0 Å². The molecule has 0 aliphatic heterocycles. The van der Waals surface area contributed by atoms with Gasteiger partial charge in [-0.05, 0) is 65.1 Å². The molecule has 0 radical (unpaired) electrons. The van der Waals surface area contributed by atoms with Crippen LogP contribution in [-0.2, 0) is 16.4 Å². The van der Waals surface area contributed by atoms with E-state index in [2.05, 4.69) is 16.9 Å². The normalized spacial score (nSPS) is 12.4. The van der Waals surface area contributed by atoms with Crippen molar-refractivity contribution in [1.29, 1.82) is 0 Å². The first-order chi connectivity index (χ1) is 12.1. The fourth-order valence-corrected chi connectivity index (χ4v) is 4.21. The van der Waals surface area contributed by atoms with Crippen LogP contribution in [-0.4, -0.2) is 15.5 Å². The summed E-state index contributed by atoms with van der Waals surface area (Å²) in [7, 11) is -2.09. The summed E-state index contributed by atoms with van der Waals surface area (Å²) in [4.78, 5) is 0.203. The highest BCUT2D eigenvalue weighted by Crippen LogP contribution is 2.38. The van der Waals surface area contributed by atoms with Gasteiger partial charge in [0.1, 0.15) is 5.75 Å². The van der Waals surface area contributed by atoms with E-state index in [4.69, 9.17) is 4.74 Å². The van der Waals surface area contributed by atoms with E-state index in [1.54, 1.807) is 19.2 Å². The third kappa shape index (κ3) is 2.87. The van der Waals surface area contributed by atoms with Crippen molar-refractivity contribution in [3.05, 3.63) is 77.9 Å². The summed E-state index contributed by atoms with van der Waals surface area (Å²) in [5.74, 6) is 0.619. The Balaban J connectivity index is 1.66. The topological polar surface area (TPSA) is 55.4 Å². The van der Waals surface area contributed by atoms with Gasteiger partial charge in [-0.25, -0.2) is 8.42 Å². The van der Waals surface area contributed by atoms with Crippen LogP contribution in [0.1, 0.15) is 11.1 Å². The predicted octanol–water partition coefficient (Wildman–Crippen LogP) is 4.07. The van der Waals surface area contributed by atoms with E-state index in [-0.39, 0.29) is 4.90 Å². The van der Waals surface area contributed by atoms with Crippen molar-refractivity contribution in [3.63, 3.8) is 0 Å². The van der Waals surface area contributed by atoms with Crippen LogP contribution in [0.2, 0.25) is 0 Å². The van der Waals surface area contributed by atoms with Gasteiger partial charge < -0.3 is 4.74 Å². The van der Waals surface area contributed by atoms with E-state index >= 15 is 0 Å². The molecule has 0 bridgehead atoms. The van der Waals surface area contributed by atoms with Crippen LogP contribution in [0.5, 0.6) is 5.75 Å². The van der Waals surface area contributed by atoms with Gasteiger partial charge in [0.05, 0.1) is 12.0 Å². The van der Waals surface area contributed by atoms with E-state index in [0.717, 1.165) is 12.0 Å². The van der Waals surface area contributed by atoms with Gasteiger partial charge in [0, 0.05) is 5.69 Å². The van der Waals surface area contributed by atoms with Crippen LogP contribution in [0.4, 0.5) is 5.69 Å². The standard InChI is InChI=1S/C20H17NO3S/c1-24-17-8-10-18(11-9-17)25(22,23)21-16-7-6-15-12-14-4-2-3-5-19(14)20(15)13-16/h2-11,13,21H,12H2,1H3. The molecule has 0 saturated carbocycles. The first-order valence-corrected chi connectivity index (χ1v) is 9.43. The largest absolute Gasteiger partial charge is 0.497 e. The van der Waals surface area contributed by atoms with Crippen LogP contribution < -0.4 is 9.46 Å². The van der Waals surface area contributed by atoms with Crippen LogP contribution in [0.15, 0.2) is 71.6 Å². The monoisotopic (exact) mass is 351 g/mol. The molecule has 5 heteroatoms. The van der Waals surface area contributed by atoms with E-state index in [1.807, 2.05) is 30.3 Å². The molecule has 0 unspecified atom stereocenters. The average Bonchev–Trinajstić information content (AvgIpc) is 2.99. The number of ether oxygens (including phenoxy) is 1. The second-order valence-electron chi connectivity index (χ2n) is 5.99. The Kier molecular flexibility index (Phi) is 3.73. The Morgan fingerprint density at radius 2 is 1.60 bits per heavy atom. The number of benzene rings is 3. The maximum absolute atomic E-state index is 12.6. The Labute approximate surface area is 147 Å². The summed E-state index contributed by atoms with van der Waals surface area (Å²) < 4.78 is 32.9. The number of hydrogen-bond acceptors (Lipinski definition) is 3. The van der Waals surface area contributed by atoms with Crippen molar-refractivity contribution in [1.82, 2.24) is 0 Å². The Bertz CT molecular complexity index is 1040. The molecule has 0 fully saturated rings. The molecular formula is C20H17NO3S. The SMILES string of the molecule is COc1ccc(S(=O)(=O)Nc2ccc3c(c2)-c2ccccc2C3)cc1. The highest BCUT2D eigenvalue weighted by Gasteiger charge is 2.20. The number of rotatable bonds is 4. The Morgan fingerprint density at radius 3 is 2.36 bits per heavy atom. The van der Waals surface area contributed by atoms with Gasteiger partial charge in [-0.1, -0.05) is 30.3 Å². The van der Waals surface area contributed by atoms with E-state index in [9.17, 15) is 8.42 Å². The molecule has 0 spiro atoms. The van der Waals surface area contributed by atoms with Crippen LogP contribution in [0.25, 0.3) is 11.1 Å². The van der Waals surface area contributed by atoms with Crippen molar-refractivity contribution in [2.24, 2.45) is 0 Å². The zero-order chi connectivity index (χ0) is 17.4. The van der Waals surface area contributed by atoms with Gasteiger partial charge in [-0.15, -0.1) is 0 Å². The number of nitrogens with one attached hydrogen (secondary N) is 1. The molecule has 25 heavy (non-hydrogen) atoms. The van der Waals surface area contributed by atoms with Gasteiger partial charge in [-0.2, -0.15) is 0 Å². The number of anilines is 1. The van der Waals surface area contributed by atoms with Crippen molar-refractivity contribution in [2.45, 2.75) is 11.3 Å². The molecule has 1 aliphatic carbocycles.